The maximum absolute atomic E-state index is 12.5. The Kier molecular flexibility index (Phi) is 8.49. The van der Waals surface area contributed by atoms with Crippen LogP contribution in [0.25, 0.3) is 0 Å². The third-order valence-corrected chi connectivity index (χ3v) is 7.47. The molecule has 3 rings (SSSR count). The normalized spacial score (nSPS) is 11.3. The van der Waals surface area contributed by atoms with Crippen molar-refractivity contribution < 1.29 is 18.0 Å². The van der Waals surface area contributed by atoms with E-state index in [-0.39, 0.29) is 23.1 Å². The molecule has 1 amide bonds. The minimum Gasteiger partial charge on any atom is -0.352 e. The number of benzene rings is 2. The number of rotatable bonds is 11. The van der Waals surface area contributed by atoms with Gasteiger partial charge in [-0.05, 0) is 62.9 Å². The van der Waals surface area contributed by atoms with E-state index in [1.54, 1.807) is 35.6 Å². The molecule has 0 saturated carbocycles. The Balaban J connectivity index is 1.44. The molecule has 0 aliphatic rings. The zero-order valence-corrected chi connectivity index (χ0v) is 20.3. The summed E-state index contributed by atoms with van der Waals surface area (Å²) in [5.41, 5.74) is 2.76. The Morgan fingerprint density at radius 3 is 2.24 bits per heavy atom. The smallest absolute Gasteiger partial charge is 0.251 e. The molecule has 0 unspecified atom stereocenters. The van der Waals surface area contributed by atoms with E-state index >= 15 is 0 Å². The topological polar surface area (TPSA) is 105 Å². The lowest BCUT2D eigenvalue weighted by Crippen LogP contribution is -2.25. The summed E-state index contributed by atoms with van der Waals surface area (Å²) in [6, 6.07) is 12.6. The number of nitrogens with zero attached hydrogens (tertiary/aromatic N) is 1. The van der Waals surface area contributed by atoms with Gasteiger partial charge in [0.05, 0.1) is 9.90 Å². The van der Waals surface area contributed by atoms with Crippen LogP contribution < -0.4 is 10.0 Å². The van der Waals surface area contributed by atoms with Crippen LogP contribution in [0.1, 0.15) is 56.7 Å². The molecule has 0 spiro atoms. The molecule has 2 N–H and O–H groups in total. The lowest BCUT2D eigenvalue weighted by Gasteiger charge is -2.09. The number of carbonyl (C=O) groups excluding carboxylic acids is 2. The molecular formula is C24H27N3O4S2. The van der Waals surface area contributed by atoms with Crippen LogP contribution in [0.2, 0.25) is 0 Å². The molecule has 0 radical (unpaired) electrons. The predicted molar refractivity (Wildman–Crippen MR) is 129 cm³/mol. The number of thiazole rings is 1. The van der Waals surface area contributed by atoms with Gasteiger partial charge in [-0.1, -0.05) is 24.3 Å². The van der Waals surface area contributed by atoms with Crippen molar-refractivity contribution in [1.82, 2.24) is 15.0 Å². The summed E-state index contributed by atoms with van der Waals surface area (Å²) in [5.74, 6) is -0.278. The molecule has 174 valence electrons. The largest absolute Gasteiger partial charge is 0.352 e. The maximum atomic E-state index is 12.5. The number of sulfonamides is 1. The van der Waals surface area contributed by atoms with Crippen molar-refractivity contribution in [3.05, 3.63) is 81.3 Å². The second-order valence-electron chi connectivity index (χ2n) is 7.70. The highest BCUT2D eigenvalue weighted by molar-refractivity contribution is 7.89. The molecule has 0 fully saturated rings. The predicted octanol–water partition coefficient (Wildman–Crippen LogP) is 3.89. The van der Waals surface area contributed by atoms with Crippen LogP contribution in [0.15, 0.2) is 58.8 Å². The molecule has 33 heavy (non-hydrogen) atoms. The highest BCUT2D eigenvalue weighted by Gasteiger charge is 2.14. The van der Waals surface area contributed by atoms with Crippen LogP contribution in [0, 0.1) is 6.92 Å². The van der Waals surface area contributed by atoms with Gasteiger partial charge in [0.15, 0.2) is 5.78 Å². The number of ketones is 1. The molecule has 0 aliphatic heterocycles. The van der Waals surface area contributed by atoms with E-state index < -0.39 is 10.0 Å². The number of amides is 1. The number of hydrogen-bond acceptors (Lipinski definition) is 6. The van der Waals surface area contributed by atoms with Crippen molar-refractivity contribution >= 4 is 33.1 Å². The fourth-order valence-corrected chi connectivity index (χ4v) is 4.96. The van der Waals surface area contributed by atoms with E-state index in [2.05, 4.69) is 15.0 Å². The monoisotopic (exact) mass is 485 g/mol. The molecule has 2 aromatic carbocycles. The van der Waals surface area contributed by atoms with Gasteiger partial charge in [-0.3, -0.25) is 9.59 Å². The van der Waals surface area contributed by atoms with Crippen molar-refractivity contribution in [2.75, 3.05) is 6.54 Å². The average molecular weight is 486 g/mol. The summed E-state index contributed by atoms with van der Waals surface area (Å²) in [4.78, 5) is 28.2. The summed E-state index contributed by atoms with van der Waals surface area (Å²) in [5, 5.41) is 6.07. The van der Waals surface area contributed by atoms with Crippen molar-refractivity contribution in [1.29, 1.82) is 0 Å². The molecule has 9 heteroatoms. The van der Waals surface area contributed by atoms with Crippen LogP contribution in [0.5, 0.6) is 0 Å². The Labute approximate surface area is 198 Å². The fourth-order valence-electron chi connectivity index (χ4n) is 3.13. The SMILES string of the molecule is CC(=O)c1ccc(S(=O)(=O)NCc2ccc(C(=O)NCCCCc3nc(C)cs3)cc2)cc1. The van der Waals surface area contributed by atoms with Crippen LogP contribution >= 0.6 is 11.3 Å². The zero-order chi connectivity index (χ0) is 23.8. The molecule has 0 atom stereocenters. The highest BCUT2D eigenvalue weighted by Crippen LogP contribution is 2.13. The van der Waals surface area contributed by atoms with E-state index in [1.165, 1.54) is 31.2 Å². The van der Waals surface area contributed by atoms with Gasteiger partial charge in [-0.25, -0.2) is 18.1 Å². The van der Waals surface area contributed by atoms with Crippen molar-refractivity contribution in [3.8, 4) is 0 Å². The van der Waals surface area contributed by atoms with E-state index in [9.17, 15) is 18.0 Å². The van der Waals surface area contributed by atoms with Gasteiger partial charge in [0.25, 0.3) is 5.91 Å². The van der Waals surface area contributed by atoms with Crippen molar-refractivity contribution in [2.45, 2.75) is 44.6 Å². The highest BCUT2D eigenvalue weighted by atomic mass is 32.2. The number of aromatic nitrogens is 1. The Bertz CT molecular complexity index is 1200. The minimum atomic E-state index is -3.71. The van der Waals surface area contributed by atoms with Gasteiger partial charge in [0.2, 0.25) is 10.0 Å². The summed E-state index contributed by atoms with van der Waals surface area (Å²) < 4.78 is 27.5. The number of hydrogen-bond donors (Lipinski definition) is 2. The second-order valence-corrected chi connectivity index (χ2v) is 10.4. The van der Waals surface area contributed by atoms with Gasteiger partial charge in [0, 0.05) is 35.3 Å². The summed E-state index contributed by atoms with van der Waals surface area (Å²) >= 11 is 1.66. The molecule has 1 aromatic heterocycles. The first kappa shape index (κ1) is 24.8. The van der Waals surface area contributed by atoms with Crippen LogP contribution in [-0.4, -0.2) is 31.6 Å². The lowest BCUT2D eigenvalue weighted by atomic mass is 10.1. The first-order valence-electron chi connectivity index (χ1n) is 10.6. The lowest BCUT2D eigenvalue weighted by molar-refractivity contribution is 0.0952. The molecule has 3 aromatic rings. The number of Topliss-reactive ketones (excluding diaryl/α,β-unsaturated/α-hetero) is 1. The van der Waals surface area contributed by atoms with Gasteiger partial charge in [-0.15, -0.1) is 11.3 Å². The van der Waals surface area contributed by atoms with Crippen molar-refractivity contribution in [2.24, 2.45) is 0 Å². The third kappa shape index (κ3) is 7.31. The number of nitrogens with one attached hydrogen (secondary N) is 2. The maximum Gasteiger partial charge on any atom is 0.251 e. The molecule has 0 saturated heterocycles. The van der Waals surface area contributed by atoms with Crippen LogP contribution in [0.3, 0.4) is 0 Å². The number of unbranched alkanes of at least 4 members (excludes halogenated alkanes) is 1. The van der Waals surface area contributed by atoms with Gasteiger partial charge in [-0.2, -0.15) is 0 Å². The summed E-state index contributed by atoms with van der Waals surface area (Å²) in [7, 11) is -3.71. The van der Waals surface area contributed by atoms with Gasteiger partial charge >= 0.3 is 0 Å². The Morgan fingerprint density at radius 1 is 0.970 bits per heavy atom. The fraction of sp³-hybridized carbons (Fsp3) is 0.292. The second kappa shape index (κ2) is 11.3. The molecule has 7 nitrogen and oxygen atoms in total. The van der Waals surface area contributed by atoms with E-state index in [4.69, 9.17) is 0 Å². The van der Waals surface area contributed by atoms with Gasteiger partial charge < -0.3 is 5.32 Å². The molecule has 0 bridgehead atoms. The first-order chi connectivity index (χ1) is 15.7. The van der Waals surface area contributed by atoms with Crippen LogP contribution in [0.4, 0.5) is 0 Å². The third-order valence-electron chi connectivity index (χ3n) is 5.02. The van der Waals surface area contributed by atoms with Gasteiger partial charge in [0.1, 0.15) is 0 Å². The summed E-state index contributed by atoms with van der Waals surface area (Å²) in [6.45, 7) is 4.09. The summed E-state index contributed by atoms with van der Waals surface area (Å²) in [6.07, 6.45) is 2.75. The quantitative estimate of drug-likeness (QED) is 0.317. The average Bonchev–Trinajstić information content (AvgIpc) is 3.22. The molecule has 1 heterocycles. The number of carbonyl (C=O) groups is 2. The minimum absolute atomic E-state index is 0.0912. The zero-order valence-electron chi connectivity index (χ0n) is 18.6. The molecular weight excluding hydrogens is 458 g/mol. The van der Waals surface area contributed by atoms with E-state index in [0.29, 0.717) is 17.7 Å². The van der Waals surface area contributed by atoms with E-state index in [1.807, 2.05) is 12.3 Å². The Hall–Kier alpha value is -2.88. The van der Waals surface area contributed by atoms with E-state index in [0.717, 1.165) is 35.5 Å². The number of aryl methyl sites for hydroxylation is 2. The van der Waals surface area contributed by atoms with Crippen LogP contribution in [-0.2, 0) is 23.0 Å². The first-order valence-corrected chi connectivity index (χ1v) is 13.0. The molecule has 0 aliphatic carbocycles. The van der Waals surface area contributed by atoms with Crippen molar-refractivity contribution in [3.63, 3.8) is 0 Å². The standard InChI is InChI=1S/C24H27N3O4S2/c1-17-16-32-23(27-17)5-3-4-14-25-24(29)21-8-6-19(7-9-21)15-26-33(30,31)22-12-10-20(11-13-22)18(2)28/h6-13,16,26H,3-5,14-15H2,1-2H3,(H,25,29). The Morgan fingerprint density at radius 2 is 1.64 bits per heavy atom.